The number of halogens is 2. The molecule has 0 radical (unpaired) electrons. The molecule has 5 nitrogen and oxygen atoms in total. The number of allylic oxidation sites excluding steroid dienone is 2. The molecule has 0 saturated carbocycles. The van der Waals surface area contributed by atoms with Gasteiger partial charge in [0.1, 0.15) is 30.0 Å². The zero-order valence-corrected chi connectivity index (χ0v) is 10.7. The van der Waals surface area contributed by atoms with Gasteiger partial charge >= 0.3 is 0 Å². The lowest BCUT2D eigenvalue weighted by Crippen LogP contribution is -2.02. The summed E-state index contributed by atoms with van der Waals surface area (Å²) in [5.74, 6) is 0. The highest BCUT2D eigenvalue weighted by atomic mass is 35.5. The van der Waals surface area contributed by atoms with Crippen molar-refractivity contribution in [2.24, 2.45) is 0 Å². The van der Waals surface area contributed by atoms with Crippen LogP contribution in [0.5, 0.6) is 0 Å². The second-order valence-corrected chi connectivity index (χ2v) is 3.89. The Hall–Kier alpha value is -2.70. The third kappa shape index (κ3) is 2.95. The summed E-state index contributed by atoms with van der Waals surface area (Å²) >= 11 is 11.6. The summed E-state index contributed by atoms with van der Waals surface area (Å²) in [6, 6.07) is 9.52. The minimum absolute atomic E-state index is 0.0251. The van der Waals surface area contributed by atoms with Crippen LogP contribution < -0.4 is 5.32 Å². The average molecular weight is 288 g/mol. The highest BCUT2D eigenvalue weighted by Crippen LogP contribution is 2.31. The molecule has 0 bridgehead atoms. The van der Waals surface area contributed by atoms with Crippen molar-refractivity contribution in [1.29, 1.82) is 21.0 Å². The van der Waals surface area contributed by atoms with Gasteiger partial charge in [-0.05, 0) is 12.1 Å². The summed E-state index contributed by atoms with van der Waals surface area (Å²) < 4.78 is 0. The predicted molar refractivity (Wildman–Crippen MR) is 68.7 cm³/mol. The van der Waals surface area contributed by atoms with Gasteiger partial charge in [0.25, 0.3) is 0 Å². The van der Waals surface area contributed by atoms with E-state index in [0.29, 0.717) is 0 Å². The van der Waals surface area contributed by atoms with E-state index in [1.54, 1.807) is 18.2 Å². The number of nitriles is 4. The SMILES string of the molecule is N#CC(C#N)=C(C#N)Nc1ccc(Cl)c(Cl)c1C#N. The Morgan fingerprint density at radius 1 is 1.00 bits per heavy atom. The minimum atomic E-state index is -0.391. The van der Waals surface area contributed by atoms with Gasteiger partial charge in [-0.15, -0.1) is 0 Å². The highest BCUT2D eigenvalue weighted by molar-refractivity contribution is 6.43. The number of nitrogens with zero attached hydrogens (tertiary/aromatic N) is 4. The maximum absolute atomic E-state index is 9.00. The normalized spacial score (nSPS) is 8.32. The van der Waals surface area contributed by atoms with Crippen LogP contribution in [-0.2, 0) is 0 Å². The average Bonchev–Trinajstić information content (AvgIpc) is 2.43. The predicted octanol–water partition coefficient (Wildman–Crippen LogP) is 3.10. The molecule has 0 aliphatic heterocycles. The van der Waals surface area contributed by atoms with Crippen LogP contribution in [0.25, 0.3) is 0 Å². The fraction of sp³-hybridized carbons (Fsp3) is 0. The first-order chi connectivity index (χ1) is 9.08. The smallest absolute Gasteiger partial charge is 0.163 e. The zero-order valence-electron chi connectivity index (χ0n) is 9.20. The number of benzene rings is 1. The van der Waals surface area contributed by atoms with E-state index in [1.165, 1.54) is 12.1 Å². The molecule has 1 N–H and O–H groups in total. The number of hydrogen-bond acceptors (Lipinski definition) is 5. The molecule has 90 valence electrons. The number of nitrogens with one attached hydrogen (secondary N) is 1. The van der Waals surface area contributed by atoms with E-state index in [-0.39, 0.29) is 27.0 Å². The molecule has 19 heavy (non-hydrogen) atoms. The fourth-order valence-electron chi connectivity index (χ4n) is 1.18. The molecule has 0 unspecified atom stereocenters. The summed E-state index contributed by atoms with van der Waals surface area (Å²) in [7, 11) is 0. The largest absolute Gasteiger partial charge is 0.344 e. The lowest BCUT2D eigenvalue weighted by Gasteiger charge is -2.08. The van der Waals surface area contributed by atoms with Crippen molar-refractivity contribution in [1.82, 2.24) is 0 Å². The van der Waals surface area contributed by atoms with Crippen molar-refractivity contribution in [2.75, 3.05) is 5.32 Å². The third-order valence-corrected chi connectivity index (χ3v) is 2.86. The van der Waals surface area contributed by atoms with Crippen molar-refractivity contribution in [3.63, 3.8) is 0 Å². The fourth-order valence-corrected chi connectivity index (χ4v) is 1.55. The molecule has 0 saturated heterocycles. The van der Waals surface area contributed by atoms with E-state index in [0.717, 1.165) is 0 Å². The molecule has 0 aliphatic carbocycles. The van der Waals surface area contributed by atoms with Gasteiger partial charge in [-0.1, -0.05) is 23.2 Å². The van der Waals surface area contributed by atoms with Crippen LogP contribution in [-0.4, -0.2) is 0 Å². The van der Waals surface area contributed by atoms with Crippen LogP contribution in [0, 0.1) is 45.3 Å². The van der Waals surface area contributed by atoms with Gasteiger partial charge < -0.3 is 5.32 Å². The van der Waals surface area contributed by atoms with Crippen LogP contribution >= 0.6 is 23.2 Å². The third-order valence-electron chi connectivity index (χ3n) is 2.05. The lowest BCUT2D eigenvalue weighted by atomic mass is 10.1. The van der Waals surface area contributed by atoms with Crippen molar-refractivity contribution >= 4 is 28.9 Å². The maximum atomic E-state index is 9.00. The molecule has 1 rings (SSSR count). The summed E-state index contributed by atoms with van der Waals surface area (Å²) in [5.41, 5.74) is -0.439. The maximum Gasteiger partial charge on any atom is 0.163 e. The Labute approximate surface area is 119 Å². The topological polar surface area (TPSA) is 107 Å². The van der Waals surface area contributed by atoms with Gasteiger partial charge in [-0.2, -0.15) is 21.0 Å². The second-order valence-electron chi connectivity index (χ2n) is 3.11. The van der Waals surface area contributed by atoms with E-state index >= 15 is 0 Å². The Bertz CT molecular complexity index is 707. The molecule has 0 aromatic heterocycles. The number of anilines is 1. The Kier molecular flexibility index (Phi) is 4.76. The number of hydrogen-bond donors (Lipinski definition) is 1. The number of rotatable bonds is 2. The van der Waals surface area contributed by atoms with Crippen LogP contribution in [0.3, 0.4) is 0 Å². The van der Waals surface area contributed by atoms with Gasteiger partial charge in [0, 0.05) is 0 Å². The molecule has 7 heteroatoms. The Balaban J connectivity index is 3.38. The molecule has 0 amide bonds. The van der Waals surface area contributed by atoms with Crippen molar-refractivity contribution in [3.8, 4) is 24.3 Å². The quantitative estimate of drug-likeness (QED) is 0.841. The first-order valence-corrected chi connectivity index (χ1v) is 5.44. The van der Waals surface area contributed by atoms with E-state index in [1.807, 2.05) is 6.07 Å². The summed E-state index contributed by atoms with van der Waals surface area (Å²) in [5, 5.41) is 38.0. The van der Waals surface area contributed by atoms with Gasteiger partial charge in [-0.25, -0.2) is 0 Å². The molecule has 0 spiro atoms. The van der Waals surface area contributed by atoms with Gasteiger partial charge in [0.2, 0.25) is 0 Å². The van der Waals surface area contributed by atoms with Crippen LogP contribution in [0.2, 0.25) is 10.0 Å². The van der Waals surface area contributed by atoms with Gasteiger partial charge in [0.15, 0.2) is 5.57 Å². The van der Waals surface area contributed by atoms with E-state index in [9.17, 15) is 0 Å². The molecule has 0 heterocycles. The van der Waals surface area contributed by atoms with Crippen molar-refractivity contribution < 1.29 is 0 Å². The summed E-state index contributed by atoms with van der Waals surface area (Å²) in [4.78, 5) is 0. The molecular weight excluding hydrogens is 285 g/mol. The zero-order chi connectivity index (χ0) is 14.4. The standard InChI is InChI=1S/C12H3Cl2N5/c13-9-1-2-10(8(5-17)12(9)14)19-11(6-18)7(3-15)4-16/h1-2,19H. The Morgan fingerprint density at radius 2 is 1.63 bits per heavy atom. The molecular formula is C12H3Cl2N5. The molecule has 1 aromatic carbocycles. The monoisotopic (exact) mass is 287 g/mol. The van der Waals surface area contributed by atoms with Gasteiger partial charge in [0.05, 0.1) is 21.3 Å². The van der Waals surface area contributed by atoms with E-state index in [2.05, 4.69) is 5.32 Å². The highest BCUT2D eigenvalue weighted by Gasteiger charge is 2.13. The lowest BCUT2D eigenvalue weighted by molar-refractivity contribution is 1.36. The first-order valence-electron chi connectivity index (χ1n) is 4.68. The van der Waals surface area contributed by atoms with Crippen LogP contribution in [0.4, 0.5) is 5.69 Å². The first kappa shape index (κ1) is 14.4. The minimum Gasteiger partial charge on any atom is -0.344 e. The molecule has 1 aromatic rings. The van der Waals surface area contributed by atoms with E-state index < -0.39 is 5.57 Å². The van der Waals surface area contributed by atoms with Crippen molar-refractivity contribution in [3.05, 3.63) is 39.0 Å². The van der Waals surface area contributed by atoms with E-state index in [4.69, 9.17) is 44.2 Å². The van der Waals surface area contributed by atoms with Crippen LogP contribution in [0.15, 0.2) is 23.4 Å². The van der Waals surface area contributed by atoms with Crippen LogP contribution in [0.1, 0.15) is 5.56 Å². The summed E-state index contributed by atoms with van der Waals surface area (Å²) in [6.07, 6.45) is 0. The molecule has 0 fully saturated rings. The molecule has 0 atom stereocenters. The van der Waals surface area contributed by atoms with Gasteiger partial charge in [-0.3, -0.25) is 0 Å². The summed E-state index contributed by atoms with van der Waals surface area (Å²) in [6.45, 7) is 0. The second kappa shape index (κ2) is 6.29. The molecule has 0 aliphatic rings. The van der Waals surface area contributed by atoms with Crippen molar-refractivity contribution in [2.45, 2.75) is 0 Å². The Morgan fingerprint density at radius 3 is 2.11 bits per heavy atom.